The van der Waals surface area contributed by atoms with Gasteiger partial charge in [0.15, 0.2) is 0 Å². The first-order valence-electron chi connectivity index (χ1n) is 6.97. The van der Waals surface area contributed by atoms with Gasteiger partial charge in [-0.3, -0.25) is 0 Å². The van der Waals surface area contributed by atoms with Crippen molar-refractivity contribution >= 4 is 12.6 Å². The van der Waals surface area contributed by atoms with Crippen LogP contribution in [0.4, 0.5) is 0 Å². The van der Waals surface area contributed by atoms with Crippen molar-refractivity contribution in [3.8, 4) is 0 Å². The molecule has 0 aromatic rings. The maximum atomic E-state index is 6.18. The minimum Gasteiger partial charge on any atom is -0.378 e. The number of thiol groups is 1. The summed E-state index contributed by atoms with van der Waals surface area (Å²) in [5.74, 6) is 1.88. The lowest BCUT2D eigenvalue weighted by molar-refractivity contribution is -0.0254. The average Bonchev–Trinajstić information content (AvgIpc) is 2.76. The second-order valence-corrected chi connectivity index (χ2v) is 6.39. The van der Waals surface area contributed by atoms with E-state index in [4.69, 9.17) is 4.74 Å². The summed E-state index contributed by atoms with van der Waals surface area (Å²) in [7, 11) is 0. The fourth-order valence-corrected chi connectivity index (χ4v) is 3.71. The van der Waals surface area contributed by atoms with Crippen LogP contribution in [-0.2, 0) is 4.74 Å². The van der Waals surface area contributed by atoms with Crippen LogP contribution in [0.25, 0.3) is 0 Å². The third-order valence-electron chi connectivity index (χ3n) is 4.51. The smallest absolute Gasteiger partial charge is 0.0578 e. The molecule has 0 bridgehead atoms. The Bertz CT molecular complexity index is 211. The lowest BCUT2D eigenvalue weighted by Crippen LogP contribution is -2.30. The fourth-order valence-electron chi connectivity index (χ4n) is 3.30. The van der Waals surface area contributed by atoms with Crippen molar-refractivity contribution in [2.45, 2.75) is 64.4 Å². The van der Waals surface area contributed by atoms with Gasteiger partial charge < -0.3 is 4.74 Å². The Morgan fingerprint density at radius 2 is 1.94 bits per heavy atom. The molecule has 0 aromatic heterocycles. The number of hydrogen-bond acceptors (Lipinski definition) is 2. The molecule has 0 saturated heterocycles. The molecular weight excluding hydrogens is 216 g/mol. The molecule has 2 rings (SSSR count). The Morgan fingerprint density at radius 1 is 1.19 bits per heavy atom. The zero-order chi connectivity index (χ0) is 11.4. The van der Waals surface area contributed by atoms with Gasteiger partial charge in [-0.15, -0.1) is 0 Å². The minimum atomic E-state index is 0.420. The predicted octanol–water partition coefficient (Wildman–Crippen LogP) is 4.07. The van der Waals surface area contributed by atoms with Gasteiger partial charge >= 0.3 is 0 Å². The van der Waals surface area contributed by atoms with Gasteiger partial charge in [-0.2, -0.15) is 12.6 Å². The van der Waals surface area contributed by atoms with Crippen molar-refractivity contribution in [1.29, 1.82) is 0 Å². The Hall–Kier alpha value is 0.310. The molecule has 0 radical (unpaired) electrons. The summed E-state index contributed by atoms with van der Waals surface area (Å²) in [5, 5.41) is 0. The molecule has 2 heteroatoms. The van der Waals surface area contributed by atoms with Crippen LogP contribution >= 0.6 is 12.6 Å². The summed E-state index contributed by atoms with van der Waals surface area (Å²) in [6.45, 7) is 3.33. The summed E-state index contributed by atoms with van der Waals surface area (Å²) in [5.41, 5.74) is 0.420. The highest BCUT2D eigenvalue weighted by Crippen LogP contribution is 2.40. The maximum Gasteiger partial charge on any atom is 0.0578 e. The average molecular weight is 242 g/mol. The lowest BCUT2D eigenvalue weighted by Gasteiger charge is -2.32. The molecule has 0 heterocycles. The number of hydrogen-bond donors (Lipinski definition) is 1. The van der Waals surface area contributed by atoms with Gasteiger partial charge in [-0.1, -0.05) is 32.6 Å². The van der Waals surface area contributed by atoms with Gasteiger partial charge in [0, 0.05) is 5.41 Å². The van der Waals surface area contributed by atoms with Gasteiger partial charge in [0.05, 0.1) is 12.7 Å². The molecule has 0 amide bonds. The standard InChI is InChI=1S/C14H26OS/c1-12-5-4-6-13(9-12)15-10-14(11-16)7-2-3-8-14/h12-13,16H,2-11H2,1H3. The van der Waals surface area contributed by atoms with E-state index in [9.17, 15) is 0 Å². The Balaban J connectivity index is 1.77. The molecule has 0 spiro atoms. The van der Waals surface area contributed by atoms with Gasteiger partial charge in [0.2, 0.25) is 0 Å². The third kappa shape index (κ3) is 3.16. The normalized spacial score (nSPS) is 34.1. The van der Waals surface area contributed by atoms with Crippen LogP contribution in [0.2, 0.25) is 0 Å². The van der Waals surface area contributed by atoms with E-state index in [1.54, 1.807) is 0 Å². The molecule has 2 atom stereocenters. The summed E-state index contributed by atoms with van der Waals surface area (Å²) >= 11 is 4.54. The van der Waals surface area contributed by atoms with E-state index >= 15 is 0 Å². The van der Waals surface area contributed by atoms with Crippen LogP contribution in [-0.4, -0.2) is 18.5 Å². The van der Waals surface area contributed by atoms with Crippen LogP contribution in [0.1, 0.15) is 58.3 Å². The highest BCUT2D eigenvalue weighted by Gasteiger charge is 2.34. The van der Waals surface area contributed by atoms with Gasteiger partial charge in [0.1, 0.15) is 0 Å². The van der Waals surface area contributed by atoms with E-state index < -0.39 is 0 Å². The first kappa shape index (κ1) is 12.8. The SMILES string of the molecule is CC1CCCC(OCC2(CS)CCCC2)C1. The molecule has 2 unspecified atom stereocenters. The summed E-state index contributed by atoms with van der Waals surface area (Å²) in [4.78, 5) is 0. The predicted molar refractivity (Wildman–Crippen MR) is 72.1 cm³/mol. The Morgan fingerprint density at radius 3 is 2.56 bits per heavy atom. The highest BCUT2D eigenvalue weighted by molar-refractivity contribution is 7.80. The van der Waals surface area contributed by atoms with E-state index in [1.165, 1.54) is 51.4 Å². The van der Waals surface area contributed by atoms with E-state index in [0.29, 0.717) is 11.5 Å². The molecule has 94 valence electrons. The van der Waals surface area contributed by atoms with Gasteiger partial charge in [-0.05, 0) is 37.4 Å². The van der Waals surface area contributed by atoms with Crippen molar-refractivity contribution in [2.75, 3.05) is 12.4 Å². The highest BCUT2D eigenvalue weighted by atomic mass is 32.1. The second kappa shape index (κ2) is 5.77. The van der Waals surface area contributed by atoms with Crippen LogP contribution in [0, 0.1) is 11.3 Å². The van der Waals surface area contributed by atoms with E-state index in [1.807, 2.05) is 0 Å². The quantitative estimate of drug-likeness (QED) is 0.731. The molecule has 0 aromatic carbocycles. The number of rotatable bonds is 4. The summed E-state index contributed by atoms with van der Waals surface area (Å²) < 4.78 is 6.18. The zero-order valence-corrected chi connectivity index (χ0v) is 11.5. The van der Waals surface area contributed by atoms with Crippen LogP contribution in [0.3, 0.4) is 0 Å². The number of ether oxygens (including phenoxy) is 1. The monoisotopic (exact) mass is 242 g/mol. The van der Waals surface area contributed by atoms with Crippen molar-refractivity contribution < 1.29 is 4.74 Å². The first-order chi connectivity index (χ1) is 7.74. The molecule has 2 saturated carbocycles. The molecular formula is C14H26OS. The van der Waals surface area contributed by atoms with Crippen molar-refractivity contribution in [3.05, 3.63) is 0 Å². The zero-order valence-electron chi connectivity index (χ0n) is 10.6. The fraction of sp³-hybridized carbons (Fsp3) is 1.00. The maximum absolute atomic E-state index is 6.18. The van der Waals surface area contributed by atoms with Gasteiger partial charge in [-0.25, -0.2) is 0 Å². The largest absolute Gasteiger partial charge is 0.378 e. The Kier molecular flexibility index (Phi) is 4.60. The second-order valence-electron chi connectivity index (χ2n) is 6.07. The molecule has 1 nitrogen and oxygen atoms in total. The summed E-state index contributed by atoms with van der Waals surface area (Å²) in [6, 6.07) is 0. The van der Waals surface area contributed by atoms with Crippen molar-refractivity contribution in [3.63, 3.8) is 0 Å². The van der Waals surface area contributed by atoms with Crippen molar-refractivity contribution in [1.82, 2.24) is 0 Å². The lowest BCUT2D eigenvalue weighted by atomic mass is 9.87. The summed E-state index contributed by atoms with van der Waals surface area (Å²) in [6.07, 6.45) is 11.3. The molecule has 0 aliphatic heterocycles. The minimum absolute atomic E-state index is 0.420. The van der Waals surface area contributed by atoms with Crippen LogP contribution < -0.4 is 0 Å². The van der Waals surface area contributed by atoms with E-state index in [-0.39, 0.29) is 0 Å². The molecule has 0 N–H and O–H groups in total. The third-order valence-corrected chi connectivity index (χ3v) is 5.18. The van der Waals surface area contributed by atoms with Gasteiger partial charge in [0.25, 0.3) is 0 Å². The molecule has 2 aliphatic carbocycles. The topological polar surface area (TPSA) is 9.23 Å². The van der Waals surface area contributed by atoms with E-state index in [0.717, 1.165) is 18.3 Å². The first-order valence-corrected chi connectivity index (χ1v) is 7.60. The van der Waals surface area contributed by atoms with E-state index in [2.05, 4.69) is 19.6 Å². The van der Waals surface area contributed by atoms with Crippen molar-refractivity contribution in [2.24, 2.45) is 11.3 Å². The molecule has 2 fully saturated rings. The Labute approximate surface area is 106 Å². The molecule has 2 aliphatic rings. The molecule has 16 heavy (non-hydrogen) atoms. The van der Waals surface area contributed by atoms with Crippen LogP contribution in [0.15, 0.2) is 0 Å². The van der Waals surface area contributed by atoms with Crippen LogP contribution in [0.5, 0.6) is 0 Å².